The van der Waals surface area contributed by atoms with Crippen LogP contribution in [0.4, 0.5) is 0 Å². The van der Waals surface area contributed by atoms with Crippen LogP contribution < -0.4 is 4.74 Å². The molecule has 0 aliphatic carbocycles. The first-order valence-electron chi connectivity index (χ1n) is 8.79. The molecule has 5 nitrogen and oxygen atoms in total. The SMILES string of the molecule is COc1ccccc1CSc1nc2ccccc2n1CC(=O)OC(C)(C)C. The minimum Gasteiger partial charge on any atom is -0.496 e. The quantitative estimate of drug-likeness (QED) is 0.456. The van der Waals surface area contributed by atoms with Gasteiger partial charge in [0.2, 0.25) is 0 Å². The highest BCUT2D eigenvalue weighted by atomic mass is 32.2. The van der Waals surface area contributed by atoms with E-state index in [0.717, 1.165) is 27.5 Å². The van der Waals surface area contributed by atoms with Gasteiger partial charge < -0.3 is 14.0 Å². The normalized spacial score (nSPS) is 11.6. The molecule has 0 aliphatic heterocycles. The molecule has 0 amide bonds. The molecule has 0 spiro atoms. The minimum atomic E-state index is -0.516. The maximum Gasteiger partial charge on any atom is 0.326 e. The Kier molecular flexibility index (Phi) is 5.75. The van der Waals surface area contributed by atoms with Gasteiger partial charge in [0.25, 0.3) is 0 Å². The number of rotatable bonds is 6. The van der Waals surface area contributed by atoms with Crippen molar-refractivity contribution in [1.82, 2.24) is 9.55 Å². The van der Waals surface area contributed by atoms with Crippen molar-refractivity contribution in [3.05, 3.63) is 54.1 Å². The zero-order valence-electron chi connectivity index (χ0n) is 16.1. The van der Waals surface area contributed by atoms with Crippen molar-refractivity contribution in [2.45, 2.75) is 43.8 Å². The molecule has 0 saturated heterocycles. The lowest BCUT2D eigenvalue weighted by Crippen LogP contribution is -2.26. The molecule has 1 heterocycles. The first kappa shape index (κ1) is 19.3. The largest absolute Gasteiger partial charge is 0.496 e. The first-order chi connectivity index (χ1) is 12.9. The molecule has 0 N–H and O–H groups in total. The summed E-state index contributed by atoms with van der Waals surface area (Å²) in [6.07, 6.45) is 0. The zero-order valence-corrected chi connectivity index (χ0v) is 16.9. The summed E-state index contributed by atoms with van der Waals surface area (Å²) in [6.45, 7) is 5.74. The maximum atomic E-state index is 12.4. The average molecular weight is 385 g/mol. The number of thioether (sulfide) groups is 1. The fourth-order valence-corrected chi connectivity index (χ4v) is 3.79. The van der Waals surface area contributed by atoms with E-state index in [1.165, 1.54) is 0 Å². The Morgan fingerprint density at radius 3 is 2.56 bits per heavy atom. The fourth-order valence-electron chi connectivity index (χ4n) is 2.78. The summed E-state index contributed by atoms with van der Waals surface area (Å²) < 4.78 is 12.8. The lowest BCUT2D eigenvalue weighted by Gasteiger charge is -2.20. The van der Waals surface area contributed by atoms with Crippen molar-refractivity contribution in [2.24, 2.45) is 0 Å². The van der Waals surface area contributed by atoms with Crippen LogP contribution in [0.15, 0.2) is 53.7 Å². The van der Waals surface area contributed by atoms with Gasteiger partial charge in [-0.3, -0.25) is 4.79 Å². The number of para-hydroxylation sites is 3. The molecular weight excluding hydrogens is 360 g/mol. The number of ether oxygens (including phenoxy) is 2. The summed E-state index contributed by atoms with van der Waals surface area (Å²) >= 11 is 1.58. The van der Waals surface area contributed by atoms with Gasteiger partial charge in [-0.1, -0.05) is 42.1 Å². The van der Waals surface area contributed by atoms with E-state index in [9.17, 15) is 4.79 Å². The van der Waals surface area contributed by atoms with Crippen LogP contribution in [0.2, 0.25) is 0 Å². The van der Waals surface area contributed by atoms with Crippen LogP contribution in [-0.2, 0) is 21.8 Å². The molecule has 0 bridgehead atoms. The molecule has 142 valence electrons. The van der Waals surface area contributed by atoms with Gasteiger partial charge in [-0.15, -0.1) is 0 Å². The number of hydrogen-bond donors (Lipinski definition) is 0. The van der Waals surface area contributed by atoms with E-state index in [4.69, 9.17) is 14.5 Å². The molecule has 3 aromatic rings. The molecule has 0 aliphatic rings. The van der Waals surface area contributed by atoms with Crippen LogP contribution in [0.3, 0.4) is 0 Å². The molecule has 0 radical (unpaired) electrons. The highest BCUT2D eigenvalue weighted by molar-refractivity contribution is 7.98. The van der Waals surface area contributed by atoms with E-state index in [0.29, 0.717) is 5.75 Å². The predicted octanol–water partition coefficient (Wildman–Crippen LogP) is 4.68. The Bertz CT molecular complexity index is 944. The number of benzene rings is 2. The summed E-state index contributed by atoms with van der Waals surface area (Å²) in [5, 5.41) is 0.785. The van der Waals surface area contributed by atoms with E-state index in [1.54, 1.807) is 18.9 Å². The molecule has 2 aromatic carbocycles. The first-order valence-corrected chi connectivity index (χ1v) is 9.78. The van der Waals surface area contributed by atoms with Gasteiger partial charge in [-0.2, -0.15) is 0 Å². The van der Waals surface area contributed by atoms with Gasteiger partial charge in [-0.05, 0) is 39.0 Å². The van der Waals surface area contributed by atoms with Crippen molar-refractivity contribution in [3.8, 4) is 5.75 Å². The average Bonchev–Trinajstić information content (AvgIpc) is 2.96. The van der Waals surface area contributed by atoms with Crippen LogP contribution in [0.25, 0.3) is 11.0 Å². The van der Waals surface area contributed by atoms with Gasteiger partial charge in [0.05, 0.1) is 18.1 Å². The lowest BCUT2D eigenvalue weighted by atomic mass is 10.2. The topological polar surface area (TPSA) is 53.4 Å². The lowest BCUT2D eigenvalue weighted by molar-refractivity contribution is -0.155. The van der Waals surface area contributed by atoms with Crippen LogP contribution in [0.5, 0.6) is 5.75 Å². The highest BCUT2D eigenvalue weighted by Crippen LogP contribution is 2.30. The molecule has 1 aromatic heterocycles. The summed E-state index contributed by atoms with van der Waals surface area (Å²) in [4.78, 5) is 17.1. The van der Waals surface area contributed by atoms with E-state index >= 15 is 0 Å². The Morgan fingerprint density at radius 2 is 1.81 bits per heavy atom. The summed E-state index contributed by atoms with van der Waals surface area (Å²) in [5.41, 5.74) is 2.35. The van der Waals surface area contributed by atoms with Crippen molar-refractivity contribution < 1.29 is 14.3 Å². The van der Waals surface area contributed by atoms with Crippen molar-refractivity contribution in [3.63, 3.8) is 0 Å². The highest BCUT2D eigenvalue weighted by Gasteiger charge is 2.20. The smallest absolute Gasteiger partial charge is 0.326 e. The van der Waals surface area contributed by atoms with Gasteiger partial charge in [0, 0.05) is 11.3 Å². The Morgan fingerprint density at radius 1 is 1.11 bits per heavy atom. The number of methoxy groups -OCH3 is 1. The minimum absolute atomic E-state index is 0.131. The van der Waals surface area contributed by atoms with E-state index in [-0.39, 0.29) is 12.5 Å². The van der Waals surface area contributed by atoms with Gasteiger partial charge in [0.15, 0.2) is 5.16 Å². The fraction of sp³-hybridized carbons (Fsp3) is 0.333. The number of carbonyl (C=O) groups excluding carboxylic acids is 1. The van der Waals surface area contributed by atoms with Crippen LogP contribution in [0.1, 0.15) is 26.3 Å². The Hall–Kier alpha value is -2.47. The Balaban J connectivity index is 1.87. The summed E-state index contributed by atoms with van der Waals surface area (Å²) in [5.74, 6) is 1.27. The second-order valence-electron chi connectivity index (χ2n) is 7.16. The molecular formula is C21H24N2O3S. The molecule has 0 fully saturated rings. The standard InChI is InChI=1S/C21H24N2O3S/c1-21(2,3)26-19(24)13-23-17-11-7-6-10-16(17)22-20(23)27-14-15-9-5-8-12-18(15)25-4/h5-12H,13-14H2,1-4H3. The molecule has 0 unspecified atom stereocenters. The predicted molar refractivity (Wildman–Crippen MR) is 108 cm³/mol. The molecule has 6 heteroatoms. The number of esters is 1. The monoisotopic (exact) mass is 384 g/mol. The van der Waals surface area contributed by atoms with Crippen LogP contribution >= 0.6 is 11.8 Å². The number of hydrogen-bond acceptors (Lipinski definition) is 5. The van der Waals surface area contributed by atoms with Crippen molar-refractivity contribution in [2.75, 3.05) is 7.11 Å². The Labute approximate surface area is 163 Å². The van der Waals surface area contributed by atoms with E-state index in [1.807, 2.05) is 73.9 Å². The van der Waals surface area contributed by atoms with Crippen LogP contribution in [-0.4, -0.2) is 28.2 Å². The zero-order chi connectivity index (χ0) is 19.4. The van der Waals surface area contributed by atoms with Gasteiger partial charge in [-0.25, -0.2) is 4.98 Å². The maximum absolute atomic E-state index is 12.4. The number of imidazole rings is 1. The third-order valence-corrected chi connectivity index (χ3v) is 4.90. The molecule has 27 heavy (non-hydrogen) atoms. The number of aromatic nitrogens is 2. The van der Waals surface area contributed by atoms with Gasteiger partial charge >= 0.3 is 5.97 Å². The van der Waals surface area contributed by atoms with Crippen molar-refractivity contribution >= 4 is 28.8 Å². The molecule has 0 saturated carbocycles. The third-order valence-electron chi connectivity index (χ3n) is 3.88. The molecule has 3 rings (SSSR count). The summed E-state index contributed by atoms with van der Waals surface area (Å²) in [6, 6.07) is 15.7. The van der Waals surface area contributed by atoms with Crippen LogP contribution in [0, 0.1) is 0 Å². The number of nitrogens with zero attached hydrogens (tertiary/aromatic N) is 2. The van der Waals surface area contributed by atoms with Gasteiger partial charge in [0.1, 0.15) is 17.9 Å². The van der Waals surface area contributed by atoms with Crippen molar-refractivity contribution in [1.29, 1.82) is 0 Å². The van der Waals surface area contributed by atoms with E-state index < -0.39 is 5.60 Å². The number of carbonyl (C=O) groups is 1. The second kappa shape index (κ2) is 8.05. The third kappa shape index (κ3) is 4.83. The second-order valence-corrected chi connectivity index (χ2v) is 8.10. The summed E-state index contributed by atoms with van der Waals surface area (Å²) in [7, 11) is 1.67. The molecule has 0 atom stereocenters. The number of fused-ring (bicyclic) bond motifs is 1. The van der Waals surface area contributed by atoms with E-state index in [2.05, 4.69) is 0 Å².